The Hall–Kier alpha value is -3.15. The molecule has 6 nitrogen and oxygen atoms in total. The van der Waals surface area contributed by atoms with Crippen molar-refractivity contribution in [2.45, 2.75) is 341 Å². The van der Waals surface area contributed by atoms with Gasteiger partial charge in [0.15, 0.2) is 6.10 Å². The van der Waals surface area contributed by atoms with Crippen molar-refractivity contribution in [2.75, 3.05) is 13.2 Å². The van der Waals surface area contributed by atoms with Crippen LogP contribution in [0.15, 0.2) is 72.9 Å². The molecule has 76 heavy (non-hydrogen) atoms. The molecule has 0 saturated heterocycles. The normalized spacial score (nSPS) is 12.5. The quantitative estimate of drug-likeness (QED) is 0.0261. The molecule has 1 atom stereocenters. The monoisotopic (exact) mass is 1060 g/mol. The summed E-state index contributed by atoms with van der Waals surface area (Å²) in [5, 5.41) is 0. The molecular formula is C70H124O6. The zero-order chi connectivity index (χ0) is 55.0. The summed E-state index contributed by atoms with van der Waals surface area (Å²) in [6.45, 7) is 6.51. The fraction of sp³-hybridized carbons (Fsp3) is 0.786. The van der Waals surface area contributed by atoms with Crippen LogP contribution in [0.3, 0.4) is 0 Å². The van der Waals surface area contributed by atoms with Crippen LogP contribution in [-0.4, -0.2) is 37.2 Å². The summed E-state index contributed by atoms with van der Waals surface area (Å²) in [4.78, 5) is 38.3. The third-order valence-corrected chi connectivity index (χ3v) is 14.4. The minimum Gasteiger partial charge on any atom is -0.462 e. The third-order valence-electron chi connectivity index (χ3n) is 14.4. The van der Waals surface area contributed by atoms with E-state index in [9.17, 15) is 14.4 Å². The molecule has 0 rings (SSSR count). The Morgan fingerprint density at radius 3 is 0.855 bits per heavy atom. The van der Waals surface area contributed by atoms with E-state index in [-0.39, 0.29) is 37.5 Å². The molecule has 0 heterocycles. The Bertz CT molecular complexity index is 1400. The molecule has 0 aromatic rings. The van der Waals surface area contributed by atoms with Gasteiger partial charge in [-0.3, -0.25) is 14.4 Å². The Morgan fingerprint density at radius 1 is 0.276 bits per heavy atom. The van der Waals surface area contributed by atoms with Crippen molar-refractivity contribution in [3.63, 3.8) is 0 Å². The van der Waals surface area contributed by atoms with Crippen LogP contribution in [0.2, 0.25) is 0 Å². The fourth-order valence-electron chi connectivity index (χ4n) is 9.54. The van der Waals surface area contributed by atoms with Gasteiger partial charge in [0.1, 0.15) is 13.2 Å². The zero-order valence-electron chi connectivity index (χ0n) is 50.5. The predicted octanol–water partition coefficient (Wildman–Crippen LogP) is 22.5. The Balaban J connectivity index is 4.32. The van der Waals surface area contributed by atoms with E-state index in [4.69, 9.17) is 14.2 Å². The van der Waals surface area contributed by atoms with Gasteiger partial charge in [-0.2, -0.15) is 0 Å². The van der Waals surface area contributed by atoms with Gasteiger partial charge in [0.05, 0.1) is 0 Å². The molecule has 0 aromatic heterocycles. The molecule has 0 aliphatic carbocycles. The molecule has 0 saturated carbocycles. The molecular weight excluding hydrogens is 937 g/mol. The Kier molecular flexibility index (Phi) is 61.7. The van der Waals surface area contributed by atoms with E-state index in [1.54, 1.807) is 0 Å². The van der Waals surface area contributed by atoms with Crippen LogP contribution < -0.4 is 0 Å². The van der Waals surface area contributed by atoms with Gasteiger partial charge in [-0.25, -0.2) is 0 Å². The smallest absolute Gasteiger partial charge is 0.306 e. The van der Waals surface area contributed by atoms with Gasteiger partial charge in [0, 0.05) is 19.3 Å². The lowest BCUT2D eigenvalue weighted by molar-refractivity contribution is -0.167. The lowest BCUT2D eigenvalue weighted by Crippen LogP contribution is -2.30. The first-order chi connectivity index (χ1) is 37.5. The highest BCUT2D eigenvalue weighted by Gasteiger charge is 2.19. The van der Waals surface area contributed by atoms with E-state index in [1.807, 2.05) is 0 Å². The number of carbonyl (C=O) groups excluding carboxylic acids is 3. The first-order valence-corrected chi connectivity index (χ1v) is 32.9. The van der Waals surface area contributed by atoms with Gasteiger partial charge in [-0.05, 0) is 83.5 Å². The maximum absolute atomic E-state index is 12.9. The highest BCUT2D eigenvalue weighted by atomic mass is 16.6. The van der Waals surface area contributed by atoms with Crippen LogP contribution in [0.4, 0.5) is 0 Å². The topological polar surface area (TPSA) is 78.9 Å². The molecule has 6 heteroatoms. The van der Waals surface area contributed by atoms with Gasteiger partial charge < -0.3 is 14.2 Å². The lowest BCUT2D eigenvalue weighted by Gasteiger charge is -2.18. The van der Waals surface area contributed by atoms with Crippen LogP contribution in [0.1, 0.15) is 335 Å². The van der Waals surface area contributed by atoms with E-state index in [1.165, 1.54) is 205 Å². The highest BCUT2D eigenvalue weighted by molar-refractivity contribution is 5.71. The summed E-state index contributed by atoms with van der Waals surface area (Å²) in [7, 11) is 0. The number of esters is 3. The molecule has 0 aliphatic heterocycles. The largest absolute Gasteiger partial charge is 0.462 e. The van der Waals surface area contributed by atoms with E-state index < -0.39 is 6.10 Å². The number of carbonyl (C=O) groups is 3. The van der Waals surface area contributed by atoms with E-state index in [0.29, 0.717) is 19.3 Å². The number of allylic oxidation sites excluding steroid dienone is 12. The zero-order valence-corrected chi connectivity index (χ0v) is 50.5. The third kappa shape index (κ3) is 61.7. The molecule has 1 unspecified atom stereocenters. The van der Waals surface area contributed by atoms with Crippen molar-refractivity contribution in [3.8, 4) is 0 Å². The average molecular weight is 1060 g/mol. The maximum Gasteiger partial charge on any atom is 0.306 e. The molecule has 0 N–H and O–H groups in total. The van der Waals surface area contributed by atoms with Crippen molar-refractivity contribution in [1.82, 2.24) is 0 Å². The van der Waals surface area contributed by atoms with Crippen LogP contribution in [0.25, 0.3) is 0 Å². The number of rotatable bonds is 60. The summed E-state index contributed by atoms with van der Waals surface area (Å²) in [6.07, 6.45) is 83.6. The SMILES string of the molecule is CC/C=C\C/C=C\C/C=C\C/C=C\C/C=C\CCCC(=O)OC(COC(=O)CCCCCCC/C=C\CCCCCCCC)COC(=O)CCCCCCCCCCCCCCCCCCCCCCCCCCCC. The molecule has 440 valence electrons. The van der Waals surface area contributed by atoms with Gasteiger partial charge in [-0.15, -0.1) is 0 Å². The number of unbranched alkanes of at least 4 members (excludes halogenated alkanes) is 37. The number of ether oxygens (including phenoxy) is 3. The van der Waals surface area contributed by atoms with E-state index >= 15 is 0 Å². The molecule has 0 aromatic carbocycles. The highest BCUT2D eigenvalue weighted by Crippen LogP contribution is 2.17. The van der Waals surface area contributed by atoms with Crippen molar-refractivity contribution < 1.29 is 28.6 Å². The summed E-state index contributed by atoms with van der Waals surface area (Å²) in [6, 6.07) is 0. The predicted molar refractivity (Wildman–Crippen MR) is 330 cm³/mol. The average Bonchev–Trinajstić information content (AvgIpc) is 3.42. The minimum atomic E-state index is -0.808. The minimum absolute atomic E-state index is 0.0977. The van der Waals surface area contributed by atoms with Crippen molar-refractivity contribution >= 4 is 17.9 Å². The second-order valence-electron chi connectivity index (χ2n) is 22.0. The fourth-order valence-corrected chi connectivity index (χ4v) is 9.54. The first-order valence-electron chi connectivity index (χ1n) is 32.9. The van der Waals surface area contributed by atoms with Crippen LogP contribution >= 0.6 is 0 Å². The number of hydrogen-bond acceptors (Lipinski definition) is 6. The van der Waals surface area contributed by atoms with Gasteiger partial charge in [-0.1, -0.05) is 306 Å². The van der Waals surface area contributed by atoms with Crippen molar-refractivity contribution in [1.29, 1.82) is 0 Å². The van der Waals surface area contributed by atoms with Gasteiger partial charge >= 0.3 is 17.9 Å². The Morgan fingerprint density at radius 2 is 0.526 bits per heavy atom. The maximum atomic E-state index is 12.9. The molecule has 0 spiro atoms. The summed E-state index contributed by atoms with van der Waals surface area (Å²) in [5.74, 6) is -0.950. The van der Waals surface area contributed by atoms with Gasteiger partial charge in [0.2, 0.25) is 0 Å². The van der Waals surface area contributed by atoms with E-state index in [2.05, 4.69) is 93.7 Å². The second-order valence-corrected chi connectivity index (χ2v) is 22.0. The van der Waals surface area contributed by atoms with Crippen molar-refractivity contribution in [3.05, 3.63) is 72.9 Å². The summed E-state index contributed by atoms with van der Waals surface area (Å²) >= 11 is 0. The summed E-state index contributed by atoms with van der Waals surface area (Å²) in [5.41, 5.74) is 0. The molecule has 0 aliphatic rings. The van der Waals surface area contributed by atoms with Crippen molar-refractivity contribution in [2.24, 2.45) is 0 Å². The lowest BCUT2D eigenvalue weighted by atomic mass is 10.0. The van der Waals surface area contributed by atoms with E-state index in [0.717, 1.165) is 83.5 Å². The molecule has 0 radical (unpaired) electrons. The molecule has 0 fully saturated rings. The van der Waals surface area contributed by atoms with Crippen LogP contribution in [-0.2, 0) is 28.6 Å². The standard InChI is InChI=1S/C70H124O6/c1-4-7-10-13-16-19-22-25-28-30-31-32-33-34-35-36-37-38-40-42-45-48-51-54-57-60-63-69(72)75-66-67(65-74-68(71)62-59-56-53-50-47-44-41-27-24-21-18-15-12-9-6-3)76-70(73)64-61-58-55-52-49-46-43-39-29-26-23-20-17-14-11-8-5-2/h8,11,17,20,26-27,29,41,43,46,52,55,67H,4-7,9-10,12-16,18-19,21-25,28,30-40,42,44-45,47-51,53-54,56-66H2,1-3H3/b11-8-,20-17-,29-26-,41-27-,46-43-,55-52-. The van der Waals surface area contributed by atoms with Crippen LogP contribution in [0.5, 0.6) is 0 Å². The first kappa shape index (κ1) is 72.8. The van der Waals surface area contributed by atoms with Crippen LogP contribution in [0, 0.1) is 0 Å². The van der Waals surface area contributed by atoms with Gasteiger partial charge in [0.25, 0.3) is 0 Å². The molecule has 0 bridgehead atoms. The molecule has 0 amide bonds. The summed E-state index contributed by atoms with van der Waals surface area (Å²) < 4.78 is 16.9. The second kappa shape index (κ2) is 64.4. The number of hydrogen-bond donors (Lipinski definition) is 0. The Labute approximate surface area is 472 Å².